The van der Waals surface area contributed by atoms with Gasteiger partial charge in [0.05, 0.1) is 5.02 Å². The summed E-state index contributed by atoms with van der Waals surface area (Å²) < 4.78 is 28.6. The summed E-state index contributed by atoms with van der Waals surface area (Å²) in [6.07, 6.45) is 2.90. The van der Waals surface area contributed by atoms with E-state index in [-0.39, 0.29) is 16.3 Å². The predicted octanol–water partition coefficient (Wildman–Crippen LogP) is 3.57. The van der Waals surface area contributed by atoms with Crippen molar-refractivity contribution in [2.24, 2.45) is 0 Å². The normalized spacial score (nSPS) is 10.5. The molecule has 1 heterocycles. The van der Waals surface area contributed by atoms with Gasteiger partial charge in [-0.2, -0.15) is 8.78 Å². The summed E-state index contributed by atoms with van der Waals surface area (Å²) in [6.45, 7) is -3.00. The van der Waals surface area contributed by atoms with Crippen molar-refractivity contribution in [3.63, 3.8) is 0 Å². The van der Waals surface area contributed by atoms with Crippen molar-refractivity contribution in [1.29, 1.82) is 0 Å². The molecule has 0 aliphatic carbocycles. The minimum absolute atomic E-state index is 0.0906. The van der Waals surface area contributed by atoms with E-state index in [1.165, 1.54) is 30.6 Å². The van der Waals surface area contributed by atoms with E-state index in [0.29, 0.717) is 5.56 Å². The Morgan fingerprint density at radius 3 is 2.68 bits per heavy atom. The fourth-order valence-corrected chi connectivity index (χ4v) is 1.78. The number of nitrogens with zero attached hydrogens (tertiary/aromatic N) is 1. The molecule has 0 spiro atoms. The quantitative estimate of drug-likeness (QED) is 0.805. The number of halogens is 3. The molecule has 1 aromatic carbocycles. The Hall–Kier alpha value is -2.01. The first-order chi connectivity index (χ1) is 9.09. The van der Waals surface area contributed by atoms with Crippen LogP contribution in [0.2, 0.25) is 5.02 Å². The first-order valence-electron chi connectivity index (χ1n) is 5.27. The van der Waals surface area contributed by atoms with Gasteiger partial charge < -0.3 is 4.74 Å². The number of alkyl halides is 2. The third kappa shape index (κ3) is 3.06. The molecule has 0 saturated heterocycles. The molecular formula is C13H8ClF2NO2. The van der Waals surface area contributed by atoms with Crippen molar-refractivity contribution in [3.05, 3.63) is 58.9 Å². The van der Waals surface area contributed by atoms with Crippen LogP contribution in [0, 0.1) is 0 Å². The molecule has 0 saturated carbocycles. The largest absolute Gasteiger partial charge is 0.433 e. The Labute approximate surface area is 112 Å². The Balaban J connectivity index is 2.38. The number of ketones is 1. The van der Waals surface area contributed by atoms with Crippen LogP contribution in [0.1, 0.15) is 15.9 Å². The number of pyridine rings is 1. The molecule has 2 aromatic rings. The molecule has 6 heteroatoms. The monoisotopic (exact) mass is 283 g/mol. The van der Waals surface area contributed by atoms with E-state index < -0.39 is 12.4 Å². The van der Waals surface area contributed by atoms with Crippen molar-refractivity contribution in [2.45, 2.75) is 6.61 Å². The minimum atomic E-state index is -3.00. The number of benzene rings is 1. The number of carbonyl (C=O) groups is 1. The minimum Gasteiger partial charge on any atom is -0.433 e. The molecule has 19 heavy (non-hydrogen) atoms. The molecule has 2 rings (SSSR count). The van der Waals surface area contributed by atoms with Crippen LogP contribution in [0.15, 0.2) is 42.7 Å². The zero-order valence-corrected chi connectivity index (χ0v) is 10.3. The van der Waals surface area contributed by atoms with Gasteiger partial charge in [0.25, 0.3) is 0 Å². The van der Waals surface area contributed by atoms with Gasteiger partial charge in [-0.05, 0) is 24.3 Å². The van der Waals surface area contributed by atoms with E-state index >= 15 is 0 Å². The Morgan fingerprint density at radius 2 is 2.05 bits per heavy atom. The summed E-state index contributed by atoms with van der Waals surface area (Å²) in [4.78, 5) is 16.0. The average molecular weight is 284 g/mol. The predicted molar refractivity (Wildman–Crippen MR) is 65.8 cm³/mol. The van der Waals surface area contributed by atoms with E-state index in [4.69, 9.17) is 11.6 Å². The molecule has 0 amide bonds. The lowest BCUT2D eigenvalue weighted by molar-refractivity contribution is -0.0498. The fourth-order valence-electron chi connectivity index (χ4n) is 1.53. The van der Waals surface area contributed by atoms with Crippen molar-refractivity contribution < 1.29 is 18.3 Å². The molecule has 0 aliphatic heterocycles. The smallest absolute Gasteiger partial charge is 0.387 e. The van der Waals surface area contributed by atoms with Crippen LogP contribution >= 0.6 is 11.6 Å². The van der Waals surface area contributed by atoms with E-state index in [1.54, 1.807) is 12.1 Å². The highest BCUT2D eigenvalue weighted by Crippen LogP contribution is 2.30. The van der Waals surface area contributed by atoms with Crippen molar-refractivity contribution >= 4 is 17.4 Å². The lowest BCUT2D eigenvalue weighted by Crippen LogP contribution is -2.06. The van der Waals surface area contributed by atoms with Crippen LogP contribution in [0.4, 0.5) is 8.78 Å². The van der Waals surface area contributed by atoms with Gasteiger partial charge in [-0.3, -0.25) is 9.78 Å². The molecular weight excluding hydrogens is 276 g/mol. The Kier molecular flexibility index (Phi) is 4.06. The first-order valence-corrected chi connectivity index (χ1v) is 5.65. The summed E-state index contributed by atoms with van der Waals surface area (Å²) in [7, 11) is 0. The molecule has 0 atom stereocenters. The summed E-state index contributed by atoms with van der Waals surface area (Å²) in [5.74, 6) is -0.635. The van der Waals surface area contributed by atoms with Crippen molar-refractivity contribution in [2.75, 3.05) is 0 Å². The van der Waals surface area contributed by atoms with E-state index in [0.717, 1.165) is 0 Å². The summed E-state index contributed by atoms with van der Waals surface area (Å²) in [5, 5.41) is -0.142. The second kappa shape index (κ2) is 5.75. The van der Waals surface area contributed by atoms with E-state index in [1.807, 2.05) is 0 Å². The van der Waals surface area contributed by atoms with Crippen LogP contribution < -0.4 is 4.74 Å². The van der Waals surface area contributed by atoms with Crippen LogP contribution in [-0.2, 0) is 0 Å². The van der Waals surface area contributed by atoms with Crippen LogP contribution in [-0.4, -0.2) is 17.4 Å². The molecule has 0 aliphatic rings. The van der Waals surface area contributed by atoms with Crippen molar-refractivity contribution in [3.8, 4) is 5.75 Å². The molecule has 0 fully saturated rings. The Morgan fingerprint density at radius 1 is 1.26 bits per heavy atom. The fraction of sp³-hybridized carbons (Fsp3) is 0.0769. The molecule has 0 N–H and O–H groups in total. The highest BCUT2D eigenvalue weighted by Gasteiger charge is 2.17. The molecule has 98 valence electrons. The number of hydrogen-bond donors (Lipinski definition) is 0. The topological polar surface area (TPSA) is 39.2 Å². The lowest BCUT2D eigenvalue weighted by atomic mass is 10.0. The molecule has 3 nitrogen and oxygen atoms in total. The van der Waals surface area contributed by atoms with E-state index in [2.05, 4.69) is 9.72 Å². The van der Waals surface area contributed by atoms with Crippen LogP contribution in [0.5, 0.6) is 5.75 Å². The van der Waals surface area contributed by atoms with Gasteiger partial charge in [0.1, 0.15) is 5.75 Å². The van der Waals surface area contributed by atoms with Gasteiger partial charge in [-0.15, -0.1) is 0 Å². The summed E-state index contributed by atoms with van der Waals surface area (Å²) in [6, 6.07) is 7.30. The third-order valence-electron chi connectivity index (χ3n) is 2.35. The maximum absolute atomic E-state index is 12.2. The third-order valence-corrected chi connectivity index (χ3v) is 2.74. The second-order valence-corrected chi connectivity index (χ2v) is 3.94. The summed E-state index contributed by atoms with van der Waals surface area (Å²) in [5.41, 5.74) is 0.409. The lowest BCUT2D eigenvalue weighted by Gasteiger charge is -2.09. The summed E-state index contributed by atoms with van der Waals surface area (Å²) >= 11 is 5.90. The van der Waals surface area contributed by atoms with Gasteiger partial charge in [-0.25, -0.2) is 0 Å². The highest BCUT2D eigenvalue weighted by atomic mass is 35.5. The number of rotatable bonds is 4. The maximum Gasteiger partial charge on any atom is 0.387 e. The Bertz CT molecular complexity index is 590. The van der Waals surface area contributed by atoms with Gasteiger partial charge in [-0.1, -0.05) is 17.7 Å². The first kappa shape index (κ1) is 13.4. The van der Waals surface area contributed by atoms with Crippen LogP contribution in [0.25, 0.3) is 0 Å². The van der Waals surface area contributed by atoms with Gasteiger partial charge in [0.15, 0.2) is 5.78 Å². The molecule has 0 bridgehead atoms. The molecule has 1 aromatic heterocycles. The van der Waals surface area contributed by atoms with Gasteiger partial charge in [0, 0.05) is 23.5 Å². The number of aromatic nitrogens is 1. The van der Waals surface area contributed by atoms with Crippen molar-refractivity contribution in [1.82, 2.24) is 4.98 Å². The zero-order chi connectivity index (χ0) is 13.8. The van der Waals surface area contributed by atoms with Gasteiger partial charge >= 0.3 is 6.61 Å². The molecule has 0 unspecified atom stereocenters. The van der Waals surface area contributed by atoms with Gasteiger partial charge in [0.2, 0.25) is 0 Å². The highest BCUT2D eigenvalue weighted by molar-refractivity contribution is 6.36. The SMILES string of the molecule is O=C(c1cccnc1)c1cccc(OC(F)F)c1Cl. The zero-order valence-electron chi connectivity index (χ0n) is 9.52. The van der Waals surface area contributed by atoms with E-state index in [9.17, 15) is 13.6 Å². The average Bonchev–Trinajstić information content (AvgIpc) is 2.41. The molecule has 0 radical (unpaired) electrons. The number of hydrogen-bond acceptors (Lipinski definition) is 3. The maximum atomic E-state index is 12.2. The second-order valence-electron chi connectivity index (χ2n) is 3.57. The number of carbonyl (C=O) groups excluding carboxylic acids is 1. The number of ether oxygens (including phenoxy) is 1. The standard InChI is InChI=1S/C13H8ClF2NO2/c14-11-9(4-1-5-10(11)19-13(15)16)12(18)8-3-2-6-17-7-8/h1-7,13H. The van der Waals surface area contributed by atoms with Crippen LogP contribution in [0.3, 0.4) is 0 Å².